The molecule has 1 heterocycles. The summed E-state index contributed by atoms with van der Waals surface area (Å²) in [7, 11) is 0. The summed E-state index contributed by atoms with van der Waals surface area (Å²) in [5.74, 6) is 4.30. The minimum absolute atomic E-state index is 0.584. The number of rotatable bonds is 3. The molecule has 5 atom stereocenters. The van der Waals surface area contributed by atoms with Crippen molar-refractivity contribution in [3.8, 4) is 0 Å². The first-order chi connectivity index (χ1) is 9.81. The summed E-state index contributed by atoms with van der Waals surface area (Å²) < 4.78 is 0. The van der Waals surface area contributed by atoms with Crippen molar-refractivity contribution in [2.24, 2.45) is 23.7 Å². The quantitative estimate of drug-likeness (QED) is 0.873. The molecule has 0 aliphatic heterocycles. The fourth-order valence-corrected chi connectivity index (χ4v) is 6.92. The fraction of sp³-hybridized carbons (Fsp3) is 0.778. The first-order valence-corrected chi connectivity index (χ1v) is 9.50. The Morgan fingerprint density at radius 2 is 1.90 bits per heavy atom. The molecular weight excluding hydrogens is 262 g/mol. The van der Waals surface area contributed by atoms with Crippen LogP contribution in [0.4, 0.5) is 0 Å². The van der Waals surface area contributed by atoms with Gasteiger partial charge in [0.2, 0.25) is 0 Å². The first kappa shape index (κ1) is 12.2. The number of aryl methyl sites for hydroxylation is 2. The molecule has 4 aliphatic rings. The van der Waals surface area contributed by atoms with E-state index in [-0.39, 0.29) is 0 Å². The Morgan fingerprint density at radius 1 is 1.15 bits per heavy atom. The molecule has 108 valence electrons. The monoisotopic (exact) mass is 287 g/mol. The Morgan fingerprint density at radius 3 is 2.65 bits per heavy atom. The van der Waals surface area contributed by atoms with Crippen molar-refractivity contribution in [1.82, 2.24) is 5.32 Å². The van der Waals surface area contributed by atoms with Gasteiger partial charge in [0.05, 0.1) is 0 Å². The molecule has 5 rings (SSSR count). The van der Waals surface area contributed by atoms with Gasteiger partial charge in [-0.1, -0.05) is 0 Å². The maximum Gasteiger partial charge on any atom is 0.0388 e. The molecule has 20 heavy (non-hydrogen) atoms. The van der Waals surface area contributed by atoms with E-state index in [1.54, 1.807) is 21.7 Å². The summed E-state index contributed by atoms with van der Waals surface area (Å²) in [5, 5.41) is 3.99. The van der Waals surface area contributed by atoms with Crippen molar-refractivity contribution < 1.29 is 0 Å². The van der Waals surface area contributed by atoms with Crippen molar-refractivity contribution in [1.29, 1.82) is 0 Å². The molecule has 0 aromatic carbocycles. The zero-order valence-electron chi connectivity index (χ0n) is 12.4. The standard InChI is InChI=1S/C18H25NS/c1-10(15-9-11-4-2-3-5-14(11)20-15)19-18-16-12-6-7-13(8-12)17(16)18/h9-10,12-13,16-19H,2-8H2,1H3. The van der Waals surface area contributed by atoms with Crippen LogP contribution in [0.1, 0.15) is 60.4 Å². The molecule has 3 fully saturated rings. The highest BCUT2D eigenvalue weighted by Gasteiger charge is 2.64. The van der Waals surface area contributed by atoms with E-state index in [1.807, 2.05) is 0 Å². The maximum atomic E-state index is 3.99. The average Bonchev–Trinajstić information content (AvgIpc) is 2.91. The molecule has 4 aliphatic carbocycles. The van der Waals surface area contributed by atoms with Gasteiger partial charge in [-0.05, 0) is 87.2 Å². The highest BCUT2D eigenvalue weighted by Crippen LogP contribution is 2.65. The Kier molecular flexibility index (Phi) is 2.65. The van der Waals surface area contributed by atoms with Gasteiger partial charge in [-0.15, -0.1) is 11.3 Å². The largest absolute Gasteiger partial charge is 0.306 e. The molecule has 1 N–H and O–H groups in total. The number of nitrogens with one attached hydrogen (secondary N) is 1. The third kappa shape index (κ3) is 1.70. The van der Waals surface area contributed by atoms with E-state index >= 15 is 0 Å². The molecule has 1 nitrogen and oxygen atoms in total. The molecule has 0 amide bonds. The SMILES string of the molecule is CC(NC1C2C3CCC(C3)C12)c1cc2c(s1)CCCC2. The Balaban J connectivity index is 1.29. The fourth-order valence-electron chi connectivity index (χ4n) is 5.65. The number of thiophene rings is 1. The summed E-state index contributed by atoms with van der Waals surface area (Å²) in [6.07, 6.45) is 10.1. The van der Waals surface area contributed by atoms with E-state index < -0.39 is 0 Å². The lowest BCUT2D eigenvalue weighted by molar-refractivity contribution is 0.435. The summed E-state index contributed by atoms with van der Waals surface area (Å²) >= 11 is 2.10. The van der Waals surface area contributed by atoms with Gasteiger partial charge in [-0.2, -0.15) is 0 Å². The predicted octanol–water partition coefficient (Wildman–Crippen LogP) is 4.32. The first-order valence-electron chi connectivity index (χ1n) is 8.69. The number of hydrogen-bond acceptors (Lipinski definition) is 2. The molecule has 5 unspecified atom stereocenters. The second kappa shape index (κ2) is 4.33. The van der Waals surface area contributed by atoms with Gasteiger partial charge in [0.15, 0.2) is 0 Å². The second-order valence-electron chi connectivity index (χ2n) is 7.71. The van der Waals surface area contributed by atoms with E-state index in [0.717, 1.165) is 29.7 Å². The van der Waals surface area contributed by atoms with Crippen LogP contribution in [0, 0.1) is 23.7 Å². The molecule has 3 saturated carbocycles. The predicted molar refractivity (Wildman–Crippen MR) is 84.1 cm³/mol. The minimum Gasteiger partial charge on any atom is -0.306 e. The van der Waals surface area contributed by atoms with Crippen LogP contribution in [0.5, 0.6) is 0 Å². The van der Waals surface area contributed by atoms with Crippen molar-refractivity contribution in [2.45, 2.75) is 64.0 Å². The van der Waals surface area contributed by atoms with Gasteiger partial charge in [0.25, 0.3) is 0 Å². The summed E-state index contributed by atoms with van der Waals surface area (Å²) in [6.45, 7) is 2.40. The van der Waals surface area contributed by atoms with Crippen LogP contribution in [-0.4, -0.2) is 6.04 Å². The van der Waals surface area contributed by atoms with Gasteiger partial charge in [-0.3, -0.25) is 0 Å². The molecular formula is C18H25NS. The molecule has 2 bridgehead atoms. The highest BCUT2D eigenvalue weighted by atomic mass is 32.1. The van der Waals surface area contributed by atoms with E-state index in [1.165, 1.54) is 38.5 Å². The van der Waals surface area contributed by atoms with Crippen LogP contribution in [0.15, 0.2) is 6.07 Å². The lowest BCUT2D eigenvalue weighted by Crippen LogP contribution is -2.25. The smallest absolute Gasteiger partial charge is 0.0388 e. The maximum absolute atomic E-state index is 3.99. The van der Waals surface area contributed by atoms with E-state index in [9.17, 15) is 0 Å². The van der Waals surface area contributed by atoms with Crippen LogP contribution in [0.25, 0.3) is 0 Å². The van der Waals surface area contributed by atoms with Crippen LogP contribution in [-0.2, 0) is 12.8 Å². The lowest BCUT2D eigenvalue weighted by atomic mass is 9.99. The van der Waals surface area contributed by atoms with Crippen molar-refractivity contribution >= 4 is 11.3 Å². The van der Waals surface area contributed by atoms with E-state index in [0.29, 0.717) is 6.04 Å². The van der Waals surface area contributed by atoms with Crippen LogP contribution in [0.3, 0.4) is 0 Å². The van der Waals surface area contributed by atoms with Gasteiger partial charge in [0, 0.05) is 21.8 Å². The third-order valence-corrected chi connectivity index (χ3v) is 8.04. The van der Waals surface area contributed by atoms with Crippen molar-refractivity contribution in [3.63, 3.8) is 0 Å². The molecule has 1 aromatic heterocycles. The second-order valence-corrected chi connectivity index (χ2v) is 8.87. The van der Waals surface area contributed by atoms with Crippen LogP contribution in [0.2, 0.25) is 0 Å². The zero-order valence-corrected chi connectivity index (χ0v) is 13.2. The minimum atomic E-state index is 0.584. The Bertz CT molecular complexity index is 494. The molecule has 0 radical (unpaired) electrons. The van der Waals surface area contributed by atoms with Crippen molar-refractivity contribution in [2.75, 3.05) is 0 Å². The zero-order chi connectivity index (χ0) is 13.3. The van der Waals surface area contributed by atoms with Crippen LogP contribution < -0.4 is 5.32 Å². The number of hydrogen-bond donors (Lipinski definition) is 1. The average molecular weight is 287 g/mol. The molecule has 0 spiro atoms. The summed E-state index contributed by atoms with van der Waals surface area (Å²) in [6, 6.07) is 3.97. The molecule has 0 saturated heterocycles. The van der Waals surface area contributed by atoms with Gasteiger partial charge in [-0.25, -0.2) is 0 Å². The van der Waals surface area contributed by atoms with E-state index in [4.69, 9.17) is 0 Å². The lowest BCUT2D eigenvalue weighted by Gasteiger charge is -2.15. The van der Waals surface area contributed by atoms with Gasteiger partial charge >= 0.3 is 0 Å². The van der Waals surface area contributed by atoms with Gasteiger partial charge in [0.1, 0.15) is 0 Å². The van der Waals surface area contributed by atoms with Gasteiger partial charge < -0.3 is 5.32 Å². The summed E-state index contributed by atoms with van der Waals surface area (Å²) in [4.78, 5) is 3.30. The third-order valence-electron chi connectivity index (χ3n) is 6.62. The topological polar surface area (TPSA) is 12.0 Å². The highest BCUT2D eigenvalue weighted by molar-refractivity contribution is 7.12. The van der Waals surface area contributed by atoms with E-state index in [2.05, 4.69) is 29.6 Å². The van der Waals surface area contributed by atoms with Crippen LogP contribution >= 0.6 is 11.3 Å². The Labute approximate surface area is 126 Å². The van der Waals surface area contributed by atoms with Crippen molar-refractivity contribution in [3.05, 3.63) is 21.4 Å². The number of fused-ring (bicyclic) bond motifs is 6. The Hall–Kier alpha value is -0.340. The molecule has 2 heteroatoms. The molecule has 1 aromatic rings. The normalized spacial score (nSPS) is 42.4. The summed E-state index contributed by atoms with van der Waals surface area (Å²) in [5.41, 5.74) is 1.67.